The number of guanidine groups is 1. The molecule has 1 fully saturated rings. The van der Waals surface area contributed by atoms with E-state index in [2.05, 4.69) is 65.6 Å². The van der Waals surface area contributed by atoms with Gasteiger partial charge in [0.2, 0.25) is 0 Å². The van der Waals surface area contributed by atoms with Crippen LogP contribution in [0.4, 0.5) is 0 Å². The summed E-state index contributed by atoms with van der Waals surface area (Å²) in [5, 5.41) is 6.89. The maximum Gasteiger partial charge on any atom is 0.191 e. The Morgan fingerprint density at radius 1 is 1.17 bits per heavy atom. The number of ether oxygens (including phenoxy) is 1. The molecule has 1 aliphatic heterocycles. The quantitative estimate of drug-likeness (QED) is 0.619. The predicted octanol–water partition coefficient (Wildman–Crippen LogP) is 2.23. The van der Waals surface area contributed by atoms with E-state index in [9.17, 15) is 0 Å². The summed E-state index contributed by atoms with van der Waals surface area (Å²) in [5.74, 6) is 1.43. The number of hydrogen-bond acceptors (Lipinski definition) is 3. The second-order valence-electron chi connectivity index (χ2n) is 6.76. The molecule has 0 amide bonds. The average Bonchev–Trinajstić information content (AvgIpc) is 2.60. The standard InChI is InChI=1S/C19H32N4O/c1-15(2)16(3)22-19(20-4)21-13-17-7-5-6-8-18(17)14-23-9-11-24-12-10-23/h5-8,15-16H,9-14H2,1-4H3,(H2,20,21,22). The third-order valence-electron chi connectivity index (χ3n) is 4.65. The number of benzene rings is 1. The summed E-state index contributed by atoms with van der Waals surface area (Å²) in [5.41, 5.74) is 2.70. The van der Waals surface area contributed by atoms with E-state index in [1.54, 1.807) is 0 Å². The van der Waals surface area contributed by atoms with Gasteiger partial charge >= 0.3 is 0 Å². The average molecular weight is 332 g/mol. The van der Waals surface area contributed by atoms with Crippen molar-refractivity contribution in [1.82, 2.24) is 15.5 Å². The van der Waals surface area contributed by atoms with Crippen molar-refractivity contribution in [2.24, 2.45) is 10.9 Å². The van der Waals surface area contributed by atoms with Crippen LogP contribution in [0.2, 0.25) is 0 Å². The van der Waals surface area contributed by atoms with E-state index in [0.717, 1.165) is 45.4 Å². The Balaban J connectivity index is 1.94. The smallest absolute Gasteiger partial charge is 0.191 e. The van der Waals surface area contributed by atoms with Crippen LogP contribution in [0.1, 0.15) is 31.9 Å². The molecule has 5 nitrogen and oxygen atoms in total. The molecule has 5 heteroatoms. The monoisotopic (exact) mass is 332 g/mol. The Kier molecular flexibility index (Phi) is 7.53. The van der Waals surface area contributed by atoms with Gasteiger partial charge < -0.3 is 15.4 Å². The molecule has 134 valence electrons. The van der Waals surface area contributed by atoms with Gasteiger partial charge in [0.25, 0.3) is 0 Å². The Morgan fingerprint density at radius 3 is 2.46 bits per heavy atom. The van der Waals surface area contributed by atoms with Gasteiger partial charge in [-0.2, -0.15) is 0 Å². The molecule has 1 aliphatic rings. The van der Waals surface area contributed by atoms with Crippen LogP contribution in [-0.4, -0.2) is 50.3 Å². The minimum atomic E-state index is 0.389. The fourth-order valence-electron chi connectivity index (χ4n) is 2.64. The van der Waals surface area contributed by atoms with Crippen LogP contribution in [-0.2, 0) is 17.8 Å². The molecular weight excluding hydrogens is 300 g/mol. The zero-order chi connectivity index (χ0) is 17.4. The van der Waals surface area contributed by atoms with Crippen molar-refractivity contribution in [3.63, 3.8) is 0 Å². The second kappa shape index (κ2) is 9.64. The van der Waals surface area contributed by atoms with Gasteiger partial charge in [-0.15, -0.1) is 0 Å². The molecule has 0 aliphatic carbocycles. The Bertz CT molecular complexity index is 524. The van der Waals surface area contributed by atoms with E-state index in [-0.39, 0.29) is 0 Å². The molecule has 2 rings (SSSR count). The number of aliphatic imine (C=N–C) groups is 1. The van der Waals surface area contributed by atoms with Crippen molar-refractivity contribution < 1.29 is 4.74 Å². The maximum absolute atomic E-state index is 5.44. The van der Waals surface area contributed by atoms with Gasteiger partial charge in [-0.1, -0.05) is 38.1 Å². The van der Waals surface area contributed by atoms with Gasteiger partial charge in [-0.3, -0.25) is 9.89 Å². The first-order chi connectivity index (χ1) is 11.6. The van der Waals surface area contributed by atoms with Gasteiger partial charge in [0.15, 0.2) is 5.96 Å². The number of rotatable bonds is 6. The van der Waals surface area contributed by atoms with E-state index in [0.29, 0.717) is 12.0 Å². The van der Waals surface area contributed by atoms with Crippen LogP contribution in [0.25, 0.3) is 0 Å². The first kappa shape index (κ1) is 18.7. The highest BCUT2D eigenvalue weighted by atomic mass is 16.5. The molecule has 0 aromatic heterocycles. The van der Waals surface area contributed by atoms with E-state index >= 15 is 0 Å². The van der Waals surface area contributed by atoms with Gasteiger partial charge in [0.05, 0.1) is 13.2 Å². The summed E-state index contributed by atoms with van der Waals surface area (Å²) >= 11 is 0. The Labute approximate surface area is 146 Å². The SMILES string of the molecule is CN=C(NCc1ccccc1CN1CCOCC1)NC(C)C(C)C. The summed E-state index contributed by atoms with van der Waals surface area (Å²) < 4.78 is 5.44. The summed E-state index contributed by atoms with van der Waals surface area (Å²) in [6.07, 6.45) is 0. The second-order valence-corrected chi connectivity index (χ2v) is 6.76. The Morgan fingerprint density at radius 2 is 1.83 bits per heavy atom. The highest BCUT2D eigenvalue weighted by molar-refractivity contribution is 5.79. The zero-order valence-corrected chi connectivity index (χ0v) is 15.5. The number of hydrogen-bond donors (Lipinski definition) is 2. The number of morpholine rings is 1. The highest BCUT2D eigenvalue weighted by Gasteiger charge is 2.13. The number of nitrogens with zero attached hydrogens (tertiary/aromatic N) is 2. The third kappa shape index (κ3) is 5.80. The minimum Gasteiger partial charge on any atom is -0.379 e. The molecule has 1 saturated heterocycles. The van der Waals surface area contributed by atoms with Gasteiger partial charge in [-0.25, -0.2) is 0 Å². The minimum absolute atomic E-state index is 0.389. The molecule has 2 N–H and O–H groups in total. The molecule has 1 aromatic carbocycles. The molecular formula is C19H32N4O. The molecule has 1 atom stereocenters. The first-order valence-electron chi connectivity index (χ1n) is 8.94. The molecule has 24 heavy (non-hydrogen) atoms. The van der Waals surface area contributed by atoms with Crippen LogP contribution in [0.5, 0.6) is 0 Å². The van der Waals surface area contributed by atoms with Crippen molar-refractivity contribution in [3.8, 4) is 0 Å². The predicted molar refractivity (Wildman–Crippen MR) is 100 cm³/mol. The zero-order valence-electron chi connectivity index (χ0n) is 15.5. The molecule has 0 saturated carbocycles. The van der Waals surface area contributed by atoms with Crippen LogP contribution in [0, 0.1) is 5.92 Å². The van der Waals surface area contributed by atoms with E-state index in [4.69, 9.17) is 4.74 Å². The molecule has 1 heterocycles. The van der Waals surface area contributed by atoms with Crippen LogP contribution in [0.3, 0.4) is 0 Å². The molecule has 0 spiro atoms. The van der Waals surface area contributed by atoms with Crippen LogP contribution in [0.15, 0.2) is 29.3 Å². The molecule has 0 bridgehead atoms. The lowest BCUT2D eigenvalue weighted by Crippen LogP contribution is -2.44. The molecule has 1 aromatic rings. The van der Waals surface area contributed by atoms with Crippen molar-refractivity contribution in [3.05, 3.63) is 35.4 Å². The van der Waals surface area contributed by atoms with Gasteiger partial charge in [-0.05, 0) is 24.0 Å². The lowest BCUT2D eigenvalue weighted by atomic mass is 10.1. The Hall–Kier alpha value is -1.59. The van der Waals surface area contributed by atoms with E-state index in [1.807, 2.05) is 7.05 Å². The normalized spacial score (nSPS) is 17.8. The largest absolute Gasteiger partial charge is 0.379 e. The summed E-state index contributed by atoms with van der Waals surface area (Å²) in [6.45, 7) is 12.1. The first-order valence-corrected chi connectivity index (χ1v) is 8.94. The van der Waals surface area contributed by atoms with Crippen molar-refractivity contribution in [2.75, 3.05) is 33.4 Å². The third-order valence-corrected chi connectivity index (χ3v) is 4.65. The maximum atomic E-state index is 5.44. The lowest BCUT2D eigenvalue weighted by Gasteiger charge is -2.27. The molecule has 0 radical (unpaired) electrons. The lowest BCUT2D eigenvalue weighted by molar-refractivity contribution is 0.0341. The van der Waals surface area contributed by atoms with Crippen LogP contribution < -0.4 is 10.6 Å². The summed E-state index contributed by atoms with van der Waals surface area (Å²) in [7, 11) is 1.82. The van der Waals surface area contributed by atoms with Crippen LogP contribution >= 0.6 is 0 Å². The topological polar surface area (TPSA) is 48.9 Å². The fraction of sp³-hybridized carbons (Fsp3) is 0.632. The van der Waals surface area contributed by atoms with E-state index in [1.165, 1.54) is 11.1 Å². The van der Waals surface area contributed by atoms with Crippen molar-refractivity contribution >= 4 is 5.96 Å². The molecule has 1 unspecified atom stereocenters. The van der Waals surface area contributed by atoms with E-state index < -0.39 is 0 Å². The summed E-state index contributed by atoms with van der Waals surface area (Å²) in [4.78, 5) is 6.79. The van der Waals surface area contributed by atoms with Crippen molar-refractivity contribution in [1.29, 1.82) is 0 Å². The number of nitrogens with one attached hydrogen (secondary N) is 2. The van der Waals surface area contributed by atoms with Gasteiger partial charge in [0, 0.05) is 39.3 Å². The van der Waals surface area contributed by atoms with Crippen molar-refractivity contribution in [2.45, 2.75) is 39.9 Å². The summed E-state index contributed by atoms with van der Waals surface area (Å²) in [6, 6.07) is 9.03. The highest BCUT2D eigenvalue weighted by Crippen LogP contribution is 2.13. The van der Waals surface area contributed by atoms with Gasteiger partial charge in [0.1, 0.15) is 0 Å². The fourth-order valence-corrected chi connectivity index (χ4v) is 2.64.